The third-order valence-corrected chi connectivity index (χ3v) is 3.31. The molecule has 0 bridgehead atoms. The fourth-order valence-electron chi connectivity index (χ4n) is 1.89. The van der Waals surface area contributed by atoms with E-state index < -0.39 is 11.4 Å². The first-order chi connectivity index (χ1) is 8.88. The maximum Gasteiger partial charge on any atom is 0.310 e. The number of nitrogens with one attached hydrogen (secondary N) is 2. The van der Waals surface area contributed by atoms with Gasteiger partial charge in [-0.3, -0.25) is 9.59 Å². The van der Waals surface area contributed by atoms with E-state index in [4.69, 9.17) is 5.11 Å². The zero-order valence-corrected chi connectivity index (χ0v) is 11.1. The van der Waals surface area contributed by atoms with Crippen LogP contribution in [0.2, 0.25) is 0 Å². The molecule has 0 saturated heterocycles. The number of aryl methyl sites for hydroxylation is 1. The van der Waals surface area contributed by atoms with Crippen molar-refractivity contribution >= 4 is 23.3 Å². The summed E-state index contributed by atoms with van der Waals surface area (Å²) in [5.41, 5.74) is 1.99. The van der Waals surface area contributed by atoms with Crippen molar-refractivity contribution in [1.29, 1.82) is 0 Å². The van der Waals surface area contributed by atoms with Crippen molar-refractivity contribution in [2.75, 3.05) is 17.2 Å². The van der Waals surface area contributed by atoms with Crippen LogP contribution < -0.4 is 10.6 Å². The molecule has 1 heterocycles. The fourth-order valence-corrected chi connectivity index (χ4v) is 1.89. The molecule has 0 aromatic heterocycles. The highest BCUT2D eigenvalue weighted by atomic mass is 16.4. The van der Waals surface area contributed by atoms with E-state index >= 15 is 0 Å². The molecule has 5 heteroatoms. The minimum absolute atomic E-state index is 0.0419. The number of fused-ring (bicyclic) bond motifs is 1. The predicted molar refractivity (Wildman–Crippen MR) is 73.3 cm³/mol. The topological polar surface area (TPSA) is 78.4 Å². The second-order valence-corrected chi connectivity index (χ2v) is 5.46. The Morgan fingerprint density at radius 2 is 2.16 bits per heavy atom. The van der Waals surface area contributed by atoms with Gasteiger partial charge in [0.25, 0.3) is 0 Å². The van der Waals surface area contributed by atoms with Crippen LogP contribution in [-0.4, -0.2) is 23.5 Å². The first kappa shape index (κ1) is 13.4. The van der Waals surface area contributed by atoms with Crippen LogP contribution in [-0.2, 0) is 16.0 Å². The van der Waals surface area contributed by atoms with Gasteiger partial charge in [-0.15, -0.1) is 0 Å². The van der Waals surface area contributed by atoms with Crippen molar-refractivity contribution in [1.82, 2.24) is 0 Å². The third kappa shape index (κ3) is 3.05. The van der Waals surface area contributed by atoms with Crippen molar-refractivity contribution in [3.05, 3.63) is 23.8 Å². The maximum atomic E-state index is 11.3. The minimum atomic E-state index is -0.828. The normalized spacial score (nSPS) is 14.5. The number of aliphatic carboxylic acids is 1. The third-order valence-electron chi connectivity index (χ3n) is 3.31. The predicted octanol–water partition coefficient (Wildman–Crippen LogP) is 2.09. The molecule has 0 unspecified atom stereocenters. The van der Waals surface area contributed by atoms with E-state index in [0.29, 0.717) is 13.0 Å². The molecule has 0 fully saturated rings. The average Bonchev–Trinajstić information content (AvgIpc) is 2.36. The van der Waals surface area contributed by atoms with Crippen LogP contribution in [0.5, 0.6) is 0 Å². The summed E-state index contributed by atoms with van der Waals surface area (Å²) in [6.45, 7) is 3.72. The van der Waals surface area contributed by atoms with E-state index in [9.17, 15) is 9.59 Å². The highest BCUT2D eigenvalue weighted by Gasteiger charge is 2.26. The van der Waals surface area contributed by atoms with Crippen LogP contribution >= 0.6 is 0 Å². The Kier molecular flexibility index (Phi) is 3.46. The highest BCUT2D eigenvalue weighted by Crippen LogP contribution is 2.26. The first-order valence-corrected chi connectivity index (χ1v) is 6.28. The number of hydrogen-bond acceptors (Lipinski definition) is 3. The number of anilines is 2. The van der Waals surface area contributed by atoms with Gasteiger partial charge in [-0.25, -0.2) is 0 Å². The van der Waals surface area contributed by atoms with Gasteiger partial charge in [0.1, 0.15) is 0 Å². The standard InChI is InChI=1S/C14H18N2O3/c1-14(2,13(18)19)8-15-10-4-5-11-9(7-10)3-6-12(17)16-11/h4-5,7,15H,3,6,8H2,1-2H3,(H,16,17)(H,18,19). The Balaban J connectivity index is 2.07. The van der Waals surface area contributed by atoms with E-state index in [1.165, 1.54) is 0 Å². The first-order valence-electron chi connectivity index (χ1n) is 6.28. The lowest BCUT2D eigenvalue weighted by atomic mass is 9.93. The lowest BCUT2D eigenvalue weighted by molar-refractivity contribution is -0.146. The number of carboxylic acid groups (broad SMARTS) is 1. The number of carbonyl (C=O) groups is 2. The van der Waals surface area contributed by atoms with Gasteiger partial charge < -0.3 is 15.7 Å². The Bertz CT molecular complexity index is 523. The number of amides is 1. The van der Waals surface area contributed by atoms with Crippen LogP contribution in [0.15, 0.2) is 18.2 Å². The van der Waals surface area contributed by atoms with Crippen molar-refractivity contribution in [2.45, 2.75) is 26.7 Å². The maximum absolute atomic E-state index is 11.3. The lowest BCUT2D eigenvalue weighted by Crippen LogP contribution is -2.31. The molecule has 3 N–H and O–H groups in total. The highest BCUT2D eigenvalue weighted by molar-refractivity contribution is 5.94. The van der Waals surface area contributed by atoms with E-state index in [1.807, 2.05) is 18.2 Å². The number of hydrogen-bond donors (Lipinski definition) is 3. The molecule has 5 nitrogen and oxygen atoms in total. The van der Waals surface area contributed by atoms with Gasteiger partial charge >= 0.3 is 5.97 Å². The van der Waals surface area contributed by atoms with Gasteiger partial charge in [-0.2, -0.15) is 0 Å². The molecule has 2 rings (SSSR count). The van der Waals surface area contributed by atoms with Gasteiger partial charge in [0.05, 0.1) is 5.41 Å². The van der Waals surface area contributed by atoms with Crippen molar-refractivity contribution < 1.29 is 14.7 Å². The Morgan fingerprint density at radius 1 is 1.42 bits per heavy atom. The summed E-state index contributed by atoms with van der Waals surface area (Å²) in [7, 11) is 0. The van der Waals surface area contributed by atoms with Crippen LogP contribution in [0, 0.1) is 5.41 Å². The molecule has 1 aromatic carbocycles. The summed E-state index contributed by atoms with van der Waals surface area (Å²) in [6, 6.07) is 5.66. The zero-order valence-electron chi connectivity index (χ0n) is 11.1. The summed E-state index contributed by atoms with van der Waals surface area (Å²) in [4.78, 5) is 22.3. The molecule has 0 spiro atoms. The Labute approximate surface area is 112 Å². The minimum Gasteiger partial charge on any atom is -0.481 e. The second-order valence-electron chi connectivity index (χ2n) is 5.46. The quantitative estimate of drug-likeness (QED) is 0.776. The average molecular weight is 262 g/mol. The molecule has 1 aromatic rings. The van der Waals surface area contributed by atoms with Crippen LogP contribution in [0.25, 0.3) is 0 Å². The molecule has 0 radical (unpaired) electrons. The smallest absolute Gasteiger partial charge is 0.310 e. The van der Waals surface area contributed by atoms with Gasteiger partial charge in [0.2, 0.25) is 5.91 Å². The summed E-state index contributed by atoms with van der Waals surface area (Å²) in [5, 5.41) is 15.0. The largest absolute Gasteiger partial charge is 0.481 e. The molecule has 0 aliphatic carbocycles. The molecular formula is C14H18N2O3. The van der Waals surface area contributed by atoms with Gasteiger partial charge in [0.15, 0.2) is 0 Å². The molecule has 1 amide bonds. The van der Waals surface area contributed by atoms with E-state index in [0.717, 1.165) is 23.4 Å². The SMILES string of the molecule is CC(C)(CNc1ccc2c(c1)CCC(=O)N2)C(=O)O. The zero-order chi connectivity index (χ0) is 14.0. The summed E-state index contributed by atoms with van der Waals surface area (Å²) in [6.07, 6.45) is 1.22. The molecule has 1 aliphatic rings. The monoisotopic (exact) mass is 262 g/mol. The molecule has 19 heavy (non-hydrogen) atoms. The van der Waals surface area contributed by atoms with Crippen LogP contribution in [0.4, 0.5) is 11.4 Å². The lowest BCUT2D eigenvalue weighted by Gasteiger charge is -2.22. The second kappa shape index (κ2) is 4.91. The molecular weight excluding hydrogens is 244 g/mol. The summed E-state index contributed by atoms with van der Waals surface area (Å²) >= 11 is 0. The molecule has 0 saturated carbocycles. The van der Waals surface area contributed by atoms with Crippen molar-refractivity contribution in [3.8, 4) is 0 Å². The summed E-state index contributed by atoms with van der Waals surface area (Å²) < 4.78 is 0. The number of rotatable bonds is 4. The van der Waals surface area contributed by atoms with Crippen LogP contribution in [0.3, 0.4) is 0 Å². The number of carbonyl (C=O) groups excluding carboxylic acids is 1. The Morgan fingerprint density at radius 3 is 2.84 bits per heavy atom. The van der Waals surface area contributed by atoms with Gasteiger partial charge in [-0.1, -0.05) is 0 Å². The van der Waals surface area contributed by atoms with Crippen LogP contribution in [0.1, 0.15) is 25.8 Å². The van der Waals surface area contributed by atoms with E-state index in [2.05, 4.69) is 10.6 Å². The van der Waals surface area contributed by atoms with Gasteiger partial charge in [0, 0.05) is 24.3 Å². The molecule has 1 aliphatic heterocycles. The van der Waals surface area contributed by atoms with Crippen molar-refractivity contribution in [3.63, 3.8) is 0 Å². The van der Waals surface area contributed by atoms with Crippen molar-refractivity contribution in [2.24, 2.45) is 5.41 Å². The Hall–Kier alpha value is -2.04. The number of carboxylic acids is 1. The fraction of sp³-hybridized carbons (Fsp3) is 0.429. The molecule has 102 valence electrons. The van der Waals surface area contributed by atoms with E-state index in [-0.39, 0.29) is 5.91 Å². The number of benzene rings is 1. The summed E-state index contributed by atoms with van der Waals surface area (Å²) in [5.74, 6) is -0.787. The van der Waals surface area contributed by atoms with E-state index in [1.54, 1.807) is 13.8 Å². The molecule has 0 atom stereocenters. The van der Waals surface area contributed by atoms with Gasteiger partial charge in [-0.05, 0) is 44.0 Å².